The maximum absolute atomic E-state index is 6.00. The average molecular weight is 312 g/mol. The Kier molecular flexibility index (Phi) is 4.14. The molecule has 0 aromatic carbocycles. The minimum atomic E-state index is 0.404. The molecule has 5 nitrogen and oxygen atoms in total. The molecular weight excluding hydrogens is 288 g/mol. The Labute approximate surface area is 137 Å². The van der Waals surface area contributed by atoms with Crippen LogP contribution in [0.4, 0.5) is 0 Å². The summed E-state index contributed by atoms with van der Waals surface area (Å²) in [7, 11) is 2.09. The normalized spacial score (nSPS) is 21.3. The van der Waals surface area contributed by atoms with Crippen LogP contribution in [0.15, 0.2) is 30.9 Å². The van der Waals surface area contributed by atoms with Crippen molar-refractivity contribution in [2.24, 2.45) is 13.0 Å². The van der Waals surface area contributed by atoms with Gasteiger partial charge in [0.15, 0.2) is 0 Å². The lowest BCUT2D eigenvalue weighted by Gasteiger charge is -2.32. The molecule has 1 saturated carbocycles. The van der Waals surface area contributed by atoms with Crippen molar-refractivity contribution in [3.8, 4) is 0 Å². The van der Waals surface area contributed by atoms with Crippen LogP contribution in [0, 0.1) is 5.92 Å². The number of hydrogen-bond donors (Lipinski definition) is 0. The Morgan fingerprint density at radius 1 is 1.30 bits per heavy atom. The van der Waals surface area contributed by atoms with Crippen LogP contribution in [-0.2, 0) is 24.9 Å². The molecule has 1 aliphatic heterocycles. The quantitative estimate of drug-likeness (QED) is 0.821. The molecule has 2 aromatic heterocycles. The van der Waals surface area contributed by atoms with Gasteiger partial charge in [0.05, 0.1) is 18.6 Å². The second-order valence-electron chi connectivity index (χ2n) is 6.90. The first-order chi connectivity index (χ1) is 11.3. The van der Waals surface area contributed by atoms with Crippen molar-refractivity contribution in [3.05, 3.63) is 47.8 Å². The van der Waals surface area contributed by atoms with Crippen LogP contribution in [0.25, 0.3) is 0 Å². The topological polar surface area (TPSA) is 43.2 Å². The number of rotatable bonds is 6. The summed E-state index contributed by atoms with van der Waals surface area (Å²) in [4.78, 5) is 11.3. The van der Waals surface area contributed by atoms with Crippen molar-refractivity contribution in [3.63, 3.8) is 0 Å². The van der Waals surface area contributed by atoms with Gasteiger partial charge in [0.2, 0.25) is 0 Å². The first-order valence-electron chi connectivity index (χ1n) is 8.48. The first kappa shape index (κ1) is 14.8. The lowest BCUT2D eigenvalue weighted by molar-refractivity contribution is 0.0867. The van der Waals surface area contributed by atoms with Crippen LogP contribution in [0.3, 0.4) is 0 Å². The van der Waals surface area contributed by atoms with Gasteiger partial charge in [0.1, 0.15) is 0 Å². The second-order valence-corrected chi connectivity index (χ2v) is 6.90. The SMILES string of the molecule is Cn1cnc2c1C(COCC1CC1)CN(Cc1cccnc1)C2. The highest BCUT2D eigenvalue weighted by Crippen LogP contribution is 2.31. The van der Waals surface area contributed by atoms with Gasteiger partial charge in [-0.25, -0.2) is 4.98 Å². The van der Waals surface area contributed by atoms with Crippen LogP contribution >= 0.6 is 0 Å². The molecule has 1 unspecified atom stereocenters. The largest absolute Gasteiger partial charge is 0.380 e. The molecule has 0 bridgehead atoms. The zero-order valence-electron chi connectivity index (χ0n) is 13.7. The van der Waals surface area contributed by atoms with E-state index in [1.807, 2.05) is 24.8 Å². The highest BCUT2D eigenvalue weighted by atomic mass is 16.5. The molecule has 2 aliphatic rings. The summed E-state index contributed by atoms with van der Waals surface area (Å²) >= 11 is 0. The van der Waals surface area contributed by atoms with Crippen LogP contribution in [-0.4, -0.2) is 39.2 Å². The third kappa shape index (κ3) is 3.46. The van der Waals surface area contributed by atoms with E-state index < -0.39 is 0 Å². The van der Waals surface area contributed by atoms with Gasteiger partial charge < -0.3 is 9.30 Å². The van der Waals surface area contributed by atoms with E-state index in [4.69, 9.17) is 4.74 Å². The summed E-state index contributed by atoms with van der Waals surface area (Å²) < 4.78 is 8.17. The van der Waals surface area contributed by atoms with E-state index in [1.54, 1.807) is 0 Å². The average Bonchev–Trinajstić information content (AvgIpc) is 3.31. The minimum Gasteiger partial charge on any atom is -0.380 e. The molecule has 0 spiro atoms. The molecular formula is C18H24N4O. The molecule has 4 rings (SSSR count). The molecule has 5 heteroatoms. The van der Waals surface area contributed by atoms with E-state index >= 15 is 0 Å². The van der Waals surface area contributed by atoms with Crippen molar-refractivity contribution in [2.45, 2.75) is 31.8 Å². The molecule has 1 atom stereocenters. The number of imidazole rings is 1. The maximum atomic E-state index is 6.00. The van der Waals surface area contributed by atoms with Crippen molar-refractivity contribution < 1.29 is 4.74 Å². The van der Waals surface area contributed by atoms with Gasteiger partial charge in [-0.05, 0) is 30.4 Å². The molecule has 0 saturated heterocycles. The summed E-state index contributed by atoms with van der Waals surface area (Å²) in [6, 6.07) is 4.14. The summed E-state index contributed by atoms with van der Waals surface area (Å²) in [6.45, 7) is 4.57. The molecule has 0 N–H and O–H groups in total. The van der Waals surface area contributed by atoms with Crippen LogP contribution in [0.1, 0.15) is 35.7 Å². The van der Waals surface area contributed by atoms with Crippen molar-refractivity contribution in [2.75, 3.05) is 19.8 Å². The lowest BCUT2D eigenvalue weighted by atomic mass is 9.98. The Hall–Kier alpha value is -1.72. The fourth-order valence-corrected chi connectivity index (χ4v) is 3.47. The van der Waals surface area contributed by atoms with Gasteiger partial charge in [0.25, 0.3) is 0 Å². The van der Waals surface area contributed by atoms with Gasteiger partial charge in [-0.2, -0.15) is 0 Å². The van der Waals surface area contributed by atoms with E-state index in [0.717, 1.165) is 38.8 Å². The predicted molar refractivity (Wildman–Crippen MR) is 87.8 cm³/mol. The smallest absolute Gasteiger partial charge is 0.0949 e. The van der Waals surface area contributed by atoms with Gasteiger partial charge in [-0.1, -0.05) is 6.07 Å². The van der Waals surface area contributed by atoms with Crippen molar-refractivity contribution in [1.29, 1.82) is 0 Å². The van der Waals surface area contributed by atoms with E-state index in [1.165, 1.54) is 29.8 Å². The van der Waals surface area contributed by atoms with Gasteiger partial charge in [0, 0.05) is 57.3 Å². The molecule has 2 aromatic rings. The number of aryl methyl sites for hydroxylation is 1. The minimum absolute atomic E-state index is 0.404. The number of hydrogen-bond acceptors (Lipinski definition) is 4. The number of fused-ring (bicyclic) bond motifs is 1. The lowest BCUT2D eigenvalue weighted by Crippen LogP contribution is -2.36. The number of aromatic nitrogens is 3. The fourth-order valence-electron chi connectivity index (χ4n) is 3.47. The summed E-state index contributed by atoms with van der Waals surface area (Å²) in [6.07, 6.45) is 8.40. The number of pyridine rings is 1. The Morgan fingerprint density at radius 2 is 2.22 bits per heavy atom. The Balaban J connectivity index is 1.46. The molecule has 0 amide bonds. The van der Waals surface area contributed by atoms with E-state index in [-0.39, 0.29) is 0 Å². The van der Waals surface area contributed by atoms with Crippen LogP contribution in [0.5, 0.6) is 0 Å². The molecule has 122 valence electrons. The number of nitrogens with zero attached hydrogens (tertiary/aromatic N) is 4. The van der Waals surface area contributed by atoms with Crippen LogP contribution in [0.2, 0.25) is 0 Å². The molecule has 3 heterocycles. The van der Waals surface area contributed by atoms with E-state index in [9.17, 15) is 0 Å². The zero-order valence-corrected chi connectivity index (χ0v) is 13.7. The third-order valence-electron chi connectivity index (χ3n) is 4.80. The standard InChI is InChI=1S/C18H24N4O/c1-21-13-20-17-10-22(8-15-3-2-6-19-7-15)9-16(18(17)21)12-23-11-14-4-5-14/h2-3,6-7,13-14,16H,4-5,8-12H2,1H3. The molecule has 23 heavy (non-hydrogen) atoms. The van der Waals surface area contributed by atoms with E-state index in [2.05, 4.69) is 32.5 Å². The van der Waals surface area contributed by atoms with Crippen LogP contribution < -0.4 is 0 Å². The van der Waals surface area contributed by atoms with Crippen molar-refractivity contribution >= 4 is 0 Å². The second kappa shape index (κ2) is 6.42. The van der Waals surface area contributed by atoms with Gasteiger partial charge >= 0.3 is 0 Å². The Morgan fingerprint density at radius 3 is 3.00 bits per heavy atom. The first-order valence-corrected chi connectivity index (χ1v) is 8.48. The Bertz CT molecular complexity index is 650. The highest BCUT2D eigenvalue weighted by molar-refractivity contribution is 5.22. The maximum Gasteiger partial charge on any atom is 0.0949 e. The zero-order chi connectivity index (χ0) is 15.6. The summed E-state index contributed by atoms with van der Waals surface area (Å²) in [5.74, 6) is 1.22. The third-order valence-corrected chi connectivity index (χ3v) is 4.80. The highest BCUT2D eigenvalue weighted by Gasteiger charge is 2.30. The van der Waals surface area contributed by atoms with Crippen molar-refractivity contribution in [1.82, 2.24) is 19.4 Å². The fraction of sp³-hybridized carbons (Fsp3) is 0.556. The monoisotopic (exact) mass is 312 g/mol. The summed E-state index contributed by atoms with van der Waals surface area (Å²) in [5.41, 5.74) is 3.80. The number of ether oxygens (including phenoxy) is 1. The van der Waals surface area contributed by atoms with E-state index in [0.29, 0.717) is 5.92 Å². The predicted octanol–water partition coefficient (Wildman–Crippen LogP) is 2.34. The molecule has 0 radical (unpaired) electrons. The summed E-state index contributed by atoms with van der Waals surface area (Å²) in [5, 5.41) is 0. The van der Waals surface area contributed by atoms with Gasteiger partial charge in [-0.3, -0.25) is 9.88 Å². The molecule has 1 fully saturated rings. The molecule has 1 aliphatic carbocycles. The van der Waals surface area contributed by atoms with Gasteiger partial charge in [-0.15, -0.1) is 0 Å².